The number of ether oxygens (including phenoxy) is 1. The number of aliphatic hydroxyl groups is 1. The molecule has 0 saturated heterocycles. The van der Waals surface area contributed by atoms with Crippen LogP contribution >= 0.6 is 11.3 Å². The van der Waals surface area contributed by atoms with E-state index in [1.807, 2.05) is 38.1 Å². The Bertz CT molecular complexity index is 546. The van der Waals surface area contributed by atoms with Gasteiger partial charge in [0, 0.05) is 17.7 Å². The van der Waals surface area contributed by atoms with E-state index in [-0.39, 0.29) is 0 Å². The van der Waals surface area contributed by atoms with Crippen molar-refractivity contribution < 1.29 is 9.84 Å². The predicted molar refractivity (Wildman–Crippen MR) is 82.6 cm³/mol. The molecule has 1 heterocycles. The Hall–Kier alpha value is -1.39. The van der Waals surface area contributed by atoms with Crippen LogP contribution in [-0.4, -0.2) is 22.8 Å². The van der Waals surface area contributed by atoms with Gasteiger partial charge in [-0.15, -0.1) is 11.3 Å². The molecule has 0 spiro atoms. The van der Waals surface area contributed by atoms with Crippen molar-refractivity contribution in [2.45, 2.75) is 39.7 Å². The molecule has 0 amide bonds. The largest absolute Gasteiger partial charge is 0.493 e. The van der Waals surface area contributed by atoms with E-state index in [4.69, 9.17) is 4.74 Å². The molecule has 0 fully saturated rings. The highest BCUT2D eigenvalue weighted by Gasteiger charge is 2.10. The molecule has 3 nitrogen and oxygen atoms in total. The van der Waals surface area contributed by atoms with Gasteiger partial charge in [-0.1, -0.05) is 12.1 Å². The van der Waals surface area contributed by atoms with Gasteiger partial charge in [0.15, 0.2) is 0 Å². The van der Waals surface area contributed by atoms with Gasteiger partial charge in [0.2, 0.25) is 0 Å². The number of hydrogen-bond donors (Lipinski definition) is 1. The third-order valence-electron chi connectivity index (χ3n) is 3.19. The molecular weight excluding hydrogens is 270 g/mol. The van der Waals surface area contributed by atoms with Crippen LogP contribution in [0.2, 0.25) is 0 Å². The molecule has 4 heteroatoms. The smallest absolute Gasteiger partial charge is 0.119 e. The first-order valence-electron chi connectivity index (χ1n) is 6.85. The van der Waals surface area contributed by atoms with Crippen LogP contribution in [0.3, 0.4) is 0 Å². The van der Waals surface area contributed by atoms with E-state index < -0.39 is 6.10 Å². The van der Waals surface area contributed by atoms with Gasteiger partial charge in [-0.3, -0.25) is 0 Å². The van der Waals surface area contributed by atoms with Gasteiger partial charge >= 0.3 is 0 Å². The molecule has 1 aromatic heterocycles. The minimum absolute atomic E-state index is 0.398. The Balaban J connectivity index is 1.76. The zero-order valence-corrected chi connectivity index (χ0v) is 13.0. The van der Waals surface area contributed by atoms with Crippen LogP contribution in [0.15, 0.2) is 24.3 Å². The molecule has 2 rings (SSSR count). The van der Waals surface area contributed by atoms with Crippen molar-refractivity contribution in [3.05, 3.63) is 45.4 Å². The van der Waals surface area contributed by atoms with Crippen LogP contribution in [0.5, 0.6) is 5.75 Å². The number of thiazole rings is 1. The van der Waals surface area contributed by atoms with E-state index in [0.717, 1.165) is 16.5 Å². The molecule has 0 aliphatic carbocycles. The van der Waals surface area contributed by atoms with Gasteiger partial charge < -0.3 is 9.84 Å². The van der Waals surface area contributed by atoms with Gasteiger partial charge in [0.05, 0.1) is 23.4 Å². The molecule has 0 aliphatic heterocycles. The van der Waals surface area contributed by atoms with Crippen LogP contribution < -0.4 is 4.74 Å². The number of aryl methyl sites for hydroxylation is 3. The summed E-state index contributed by atoms with van der Waals surface area (Å²) in [7, 11) is 0. The van der Waals surface area contributed by atoms with Gasteiger partial charge in [0.1, 0.15) is 5.75 Å². The van der Waals surface area contributed by atoms with Crippen LogP contribution in [0.4, 0.5) is 0 Å². The van der Waals surface area contributed by atoms with Crippen LogP contribution in [0, 0.1) is 20.8 Å². The van der Waals surface area contributed by atoms with E-state index in [1.54, 1.807) is 11.3 Å². The number of benzene rings is 1. The Morgan fingerprint density at radius 2 is 2.10 bits per heavy atom. The van der Waals surface area contributed by atoms with Crippen LogP contribution in [0.1, 0.15) is 27.6 Å². The average molecular weight is 291 g/mol. The third kappa shape index (κ3) is 4.32. The summed E-state index contributed by atoms with van der Waals surface area (Å²) in [6, 6.07) is 7.95. The maximum atomic E-state index is 10.0. The van der Waals surface area contributed by atoms with Crippen molar-refractivity contribution in [3.8, 4) is 5.75 Å². The van der Waals surface area contributed by atoms with Gasteiger partial charge in [0.25, 0.3) is 0 Å². The Labute approximate surface area is 124 Å². The summed E-state index contributed by atoms with van der Waals surface area (Å²) in [5.74, 6) is 0.859. The minimum atomic E-state index is -0.398. The van der Waals surface area contributed by atoms with E-state index in [0.29, 0.717) is 19.4 Å². The number of aromatic nitrogens is 1. The first kappa shape index (κ1) is 15.0. The van der Waals surface area contributed by atoms with Crippen molar-refractivity contribution in [1.29, 1.82) is 0 Å². The second-order valence-electron chi connectivity index (χ2n) is 5.06. The topological polar surface area (TPSA) is 42.4 Å². The van der Waals surface area contributed by atoms with E-state index in [1.165, 1.54) is 10.4 Å². The Morgan fingerprint density at radius 1 is 1.30 bits per heavy atom. The van der Waals surface area contributed by atoms with Crippen LogP contribution in [-0.2, 0) is 6.42 Å². The average Bonchev–Trinajstić information content (AvgIpc) is 2.68. The number of nitrogens with zero attached hydrogens (tertiary/aromatic N) is 1. The number of aliphatic hydroxyl groups excluding tert-OH is 1. The summed E-state index contributed by atoms with van der Waals surface area (Å²) >= 11 is 1.66. The monoisotopic (exact) mass is 291 g/mol. The lowest BCUT2D eigenvalue weighted by molar-refractivity contribution is 0.139. The molecule has 1 aromatic carbocycles. The number of rotatable bonds is 6. The summed E-state index contributed by atoms with van der Waals surface area (Å²) in [6.07, 6.45) is 0.826. The molecule has 1 atom stereocenters. The fourth-order valence-electron chi connectivity index (χ4n) is 1.95. The first-order valence-corrected chi connectivity index (χ1v) is 7.66. The van der Waals surface area contributed by atoms with E-state index in [9.17, 15) is 5.11 Å². The Kier molecular flexibility index (Phi) is 5.15. The lowest BCUT2D eigenvalue weighted by atomic mass is 10.2. The highest BCUT2D eigenvalue weighted by atomic mass is 32.1. The molecule has 0 bridgehead atoms. The van der Waals surface area contributed by atoms with E-state index in [2.05, 4.69) is 11.9 Å². The normalized spacial score (nSPS) is 12.4. The molecule has 1 N–H and O–H groups in total. The minimum Gasteiger partial charge on any atom is -0.493 e. The molecule has 0 saturated carbocycles. The fourth-order valence-corrected chi connectivity index (χ4v) is 2.95. The van der Waals surface area contributed by atoms with Gasteiger partial charge in [-0.05, 0) is 38.5 Å². The molecule has 1 unspecified atom stereocenters. The van der Waals surface area contributed by atoms with E-state index >= 15 is 0 Å². The Morgan fingerprint density at radius 3 is 2.75 bits per heavy atom. The lowest BCUT2D eigenvalue weighted by Gasteiger charge is -2.10. The van der Waals surface area contributed by atoms with Crippen molar-refractivity contribution in [3.63, 3.8) is 0 Å². The predicted octanol–water partition coefficient (Wildman–Crippen LogP) is 3.44. The lowest BCUT2D eigenvalue weighted by Crippen LogP contribution is -2.14. The zero-order chi connectivity index (χ0) is 14.5. The summed E-state index contributed by atoms with van der Waals surface area (Å²) in [6.45, 7) is 6.62. The fraction of sp³-hybridized carbons (Fsp3) is 0.438. The zero-order valence-electron chi connectivity index (χ0n) is 12.2. The van der Waals surface area contributed by atoms with Crippen molar-refractivity contribution >= 4 is 11.3 Å². The maximum Gasteiger partial charge on any atom is 0.119 e. The molecule has 108 valence electrons. The molecule has 0 radical (unpaired) electrons. The molecular formula is C16H21NO2S. The standard InChI is InChI=1S/C16H21NO2S/c1-11-5-4-6-15(9-11)19-8-7-14(18)10-16-17-12(2)13(3)20-16/h4-6,9,14,18H,7-8,10H2,1-3H3. The first-order chi connectivity index (χ1) is 9.54. The van der Waals surface area contributed by atoms with Crippen molar-refractivity contribution in [2.24, 2.45) is 0 Å². The SMILES string of the molecule is Cc1cccc(OCCC(O)Cc2nc(C)c(C)s2)c1. The highest BCUT2D eigenvalue weighted by Crippen LogP contribution is 2.19. The summed E-state index contributed by atoms with van der Waals surface area (Å²) in [5.41, 5.74) is 2.24. The molecule has 2 aromatic rings. The second kappa shape index (κ2) is 6.86. The van der Waals surface area contributed by atoms with Gasteiger partial charge in [-0.2, -0.15) is 0 Å². The van der Waals surface area contributed by atoms with Crippen molar-refractivity contribution in [1.82, 2.24) is 4.98 Å². The van der Waals surface area contributed by atoms with Crippen molar-refractivity contribution in [2.75, 3.05) is 6.61 Å². The summed E-state index contributed by atoms with van der Waals surface area (Å²) in [4.78, 5) is 5.67. The summed E-state index contributed by atoms with van der Waals surface area (Å²) < 4.78 is 5.65. The molecule has 20 heavy (non-hydrogen) atoms. The third-order valence-corrected chi connectivity index (χ3v) is 4.29. The second-order valence-corrected chi connectivity index (χ2v) is 6.35. The van der Waals surface area contributed by atoms with Crippen LogP contribution in [0.25, 0.3) is 0 Å². The highest BCUT2D eigenvalue weighted by molar-refractivity contribution is 7.11. The number of hydrogen-bond acceptors (Lipinski definition) is 4. The molecule has 0 aliphatic rings. The quantitative estimate of drug-likeness (QED) is 0.886. The van der Waals surface area contributed by atoms with Gasteiger partial charge in [-0.25, -0.2) is 4.98 Å². The summed E-state index contributed by atoms with van der Waals surface area (Å²) in [5, 5.41) is 11.0. The maximum absolute atomic E-state index is 10.0.